The zero-order valence-corrected chi connectivity index (χ0v) is 15.8. The van der Waals surface area contributed by atoms with Crippen molar-refractivity contribution in [1.29, 1.82) is 0 Å². The van der Waals surface area contributed by atoms with Crippen LogP contribution in [-0.2, 0) is 0 Å². The monoisotopic (exact) mass is 356 g/mol. The fourth-order valence-electron chi connectivity index (χ4n) is 3.50. The van der Waals surface area contributed by atoms with Crippen LogP contribution in [0.3, 0.4) is 0 Å². The molecule has 1 aliphatic heterocycles. The average molecular weight is 356 g/mol. The van der Waals surface area contributed by atoms with Crippen LogP contribution in [0.2, 0.25) is 0 Å². The molecule has 27 heavy (non-hydrogen) atoms. The van der Waals surface area contributed by atoms with Gasteiger partial charge in [-0.25, -0.2) is 4.99 Å². The van der Waals surface area contributed by atoms with Crippen LogP contribution in [0.15, 0.2) is 78.0 Å². The van der Waals surface area contributed by atoms with Gasteiger partial charge in [-0.3, -0.25) is 4.98 Å². The van der Waals surface area contributed by atoms with E-state index >= 15 is 0 Å². The van der Waals surface area contributed by atoms with E-state index in [0.717, 1.165) is 47.7 Å². The number of para-hydroxylation sites is 1. The molecule has 4 heteroatoms. The zero-order valence-electron chi connectivity index (χ0n) is 15.8. The summed E-state index contributed by atoms with van der Waals surface area (Å²) in [5, 5.41) is 0. The highest BCUT2D eigenvalue weighted by Gasteiger charge is 2.23. The second-order valence-electron chi connectivity index (χ2n) is 7.02. The summed E-state index contributed by atoms with van der Waals surface area (Å²) in [6.07, 6.45) is 4.81. The number of aliphatic imine (C=N–C) groups is 1. The molecule has 0 N–H and O–H groups in total. The normalized spacial score (nSPS) is 13.0. The van der Waals surface area contributed by atoms with Gasteiger partial charge in [0.25, 0.3) is 0 Å². The van der Waals surface area contributed by atoms with Gasteiger partial charge in [-0.05, 0) is 39.2 Å². The second kappa shape index (κ2) is 7.72. The number of nitrogens with zero attached hydrogens (tertiary/aromatic N) is 4. The molecule has 0 radical (unpaired) electrons. The third-order valence-corrected chi connectivity index (χ3v) is 4.79. The Morgan fingerprint density at radius 2 is 1.67 bits per heavy atom. The number of aromatic nitrogens is 1. The highest BCUT2D eigenvalue weighted by atomic mass is 15.2. The maximum Gasteiger partial charge on any atom is 0.0905 e. The van der Waals surface area contributed by atoms with E-state index in [9.17, 15) is 0 Å². The highest BCUT2D eigenvalue weighted by molar-refractivity contribution is 6.18. The van der Waals surface area contributed by atoms with Crippen LogP contribution in [0.1, 0.15) is 17.5 Å². The number of fused-ring (bicyclic) bond motifs is 2. The first-order valence-electron chi connectivity index (χ1n) is 9.34. The van der Waals surface area contributed by atoms with Crippen molar-refractivity contribution in [2.75, 3.05) is 32.1 Å². The first-order valence-corrected chi connectivity index (χ1v) is 9.34. The fourth-order valence-corrected chi connectivity index (χ4v) is 3.50. The Bertz CT molecular complexity index is 947. The SMILES string of the molecule is CN(C)CCCN1c2cnccc2N=C(c2ccccc2)c2ccccc21. The minimum absolute atomic E-state index is 0.922. The van der Waals surface area contributed by atoms with Crippen molar-refractivity contribution >= 4 is 22.8 Å². The Kier molecular flexibility index (Phi) is 4.99. The van der Waals surface area contributed by atoms with Crippen LogP contribution in [0.4, 0.5) is 17.1 Å². The molecule has 0 unspecified atom stereocenters. The summed E-state index contributed by atoms with van der Waals surface area (Å²) in [5.41, 5.74) is 6.51. The Hall–Kier alpha value is -2.98. The van der Waals surface area contributed by atoms with Crippen LogP contribution < -0.4 is 4.90 Å². The lowest BCUT2D eigenvalue weighted by Gasteiger charge is -2.26. The molecule has 0 aliphatic carbocycles. The van der Waals surface area contributed by atoms with Gasteiger partial charge < -0.3 is 9.80 Å². The van der Waals surface area contributed by atoms with Crippen molar-refractivity contribution in [2.45, 2.75) is 6.42 Å². The van der Waals surface area contributed by atoms with Crippen molar-refractivity contribution in [3.05, 3.63) is 84.2 Å². The van der Waals surface area contributed by atoms with Crippen LogP contribution in [0, 0.1) is 0 Å². The number of hydrogen-bond donors (Lipinski definition) is 0. The predicted octanol–water partition coefficient (Wildman–Crippen LogP) is 4.65. The number of hydrogen-bond acceptors (Lipinski definition) is 4. The standard InChI is InChI=1S/C23H24N4/c1-26(2)15-8-16-27-21-12-7-6-11-19(21)23(18-9-4-3-5-10-18)25-20-13-14-24-17-22(20)27/h3-7,9-14,17H,8,15-16H2,1-2H3. The summed E-state index contributed by atoms with van der Waals surface area (Å²) in [7, 11) is 4.23. The molecule has 0 spiro atoms. The van der Waals surface area contributed by atoms with Gasteiger partial charge in [0, 0.05) is 23.9 Å². The zero-order chi connectivity index (χ0) is 18.6. The lowest BCUT2D eigenvalue weighted by atomic mass is 10.00. The molecule has 0 atom stereocenters. The van der Waals surface area contributed by atoms with Crippen LogP contribution in [-0.4, -0.2) is 42.8 Å². The first kappa shape index (κ1) is 17.4. The molecular formula is C23H24N4. The molecule has 3 aromatic rings. The van der Waals surface area contributed by atoms with E-state index < -0.39 is 0 Å². The van der Waals surface area contributed by atoms with Crippen molar-refractivity contribution in [1.82, 2.24) is 9.88 Å². The van der Waals surface area contributed by atoms with Crippen LogP contribution in [0.25, 0.3) is 0 Å². The van der Waals surface area contributed by atoms with Gasteiger partial charge in [0.05, 0.1) is 29.0 Å². The Morgan fingerprint density at radius 1 is 0.889 bits per heavy atom. The smallest absolute Gasteiger partial charge is 0.0905 e. The highest BCUT2D eigenvalue weighted by Crippen LogP contribution is 2.39. The Morgan fingerprint density at radius 3 is 2.48 bits per heavy atom. The number of benzene rings is 2. The van der Waals surface area contributed by atoms with Crippen LogP contribution in [0.5, 0.6) is 0 Å². The number of pyridine rings is 1. The number of anilines is 2. The molecule has 0 amide bonds. The van der Waals surface area contributed by atoms with Gasteiger partial charge in [0.1, 0.15) is 0 Å². The third-order valence-electron chi connectivity index (χ3n) is 4.79. The summed E-state index contributed by atoms with van der Waals surface area (Å²) in [4.78, 5) is 14.0. The summed E-state index contributed by atoms with van der Waals surface area (Å²) in [5.74, 6) is 0. The second-order valence-corrected chi connectivity index (χ2v) is 7.02. The topological polar surface area (TPSA) is 31.7 Å². The molecule has 0 bridgehead atoms. The maximum absolute atomic E-state index is 5.07. The van der Waals surface area contributed by atoms with Gasteiger partial charge in [-0.1, -0.05) is 48.5 Å². The molecule has 0 saturated carbocycles. The summed E-state index contributed by atoms with van der Waals surface area (Å²) < 4.78 is 0. The molecule has 0 fully saturated rings. The van der Waals surface area contributed by atoms with Crippen LogP contribution >= 0.6 is 0 Å². The summed E-state index contributed by atoms with van der Waals surface area (Å²) >= 11 is 0. The molecule has 2 heterocycles. The van der Waals surface area contributed by atoms with Gasteiger partial charge >= 0.3 is 0 Å². The molecular weight excluding hydrogens is 332 g/mol. The van der Waals surface area contributed by atoms with E-state index in [1.165, 1.54) is 5.69 Å². The van der Waals surface area contributed by atoms with E-state index in [2.05, 4.69) is 77.4 Å². The molecule has 0 saturated heterocycles. The average Bonchev–Trinajstić information content (AvgIpc) is 2.84. The van der Waals surface area contributed by atoms with Gasteiger partial charge in [0.15, 0.2) is 0 Å². The Balaban J connectivity index is 1.86. The van der Waals surface area contributed by atoms with Gasteiger partial charge in [-0.2, -0.15) is 0 Å². The summed E-state index contributed by atoms with van der Waals surface area (Å²) in [6.45, 7) is 1.96. The third kappa shape index (κ3) is 3.62. The molecule has 1 aliphatic rings. The van der Waals surface area contributed by atoms with Crippen molar-refractivity contribution in [3.8, 4) is 0 Å². The predicted molar refractivity (Wildman–Crippen MR) is 113 cm³/mol. The largest absolute Gasteiger partial charge is 0.338 e. The fraction of sp³-hybridized carbons (Fsp3) is 0.217. The molecule has 2 aromatic carbocycles. The van der Waals surface area contributed by atoms with E-state index in [1.54, 1.807) is 0 Å². The van der Waals surface area contributed by atoms with E-state index in [-0.39, 0.29) is 0 Å². The lowest BCUT2D eigenvalue weighted by Crippen LogP contribution is -2.24. The maximum atomic E-state index is 5.07. The molecule has 136 valence electrons. The quantitative estimate of drug-likeness (QED) is 0.667. The van der Waals surface area contributed by atoms with E-state index in [4.69, 9.17) is 4.99 Å². The molecule has 1 aromatic heterocycles. The van der Waals surface area contributed by atoms with Crippen molar-refractivity contribution < 1.29 is 0 Å². The van der Waals surface area contributed by atoms with Crippen molar-refractivity contribution in [3.63, 3.8) is 0 Å². The van der Waals surface area contributed by atoms with E-state index in [0.29, 0.717) is 0 Å². The van der Waals surface area contributed by atoms with Crippen molar-refractivity contribution in [2.24, 2.45) is 4.99 Å². The Labute approximate surface area is 160 Å². The number of rotatable bonds is 5. The molecule has 4 nitrogen and oxygen atoms in total. The lowest BCUT2D eigenvalue weighted by molar-refractivity contribution is 0.402. The minimum atomic E-state index is 0.922. The summed E-state index contributed by atoms with van der Waals surface area (Å²) in [6, 6.07) is 21.0. The van der Waals surface area contributed by atoms with Gasteiger partial charge in [-0.15, -0.1) is 0 Å². The van der Waals surface area contributed by atoms with Gasteiger partial charge in [0.2, 0.25) is 0 Å². The first-order chi connectivity index (χ1) is 13.2. The molecule has 4 rings (SSSR count). The minimum Gasteiger partial charge on any atom is -0.338 e. The van der Waals surface area contributed by atoms with E-state index in [1.807, 2.05) is 24.5 Å².